The van der Waals surface area contributed by atoms with E-state index in [9.17, 15) is 9.59 Å². The number of piperazine rings is 1. The predicted molar refractivity (Wildman–Crippen MR) is 145 cm³/mol. The molecule has 0 unspecified atom stereocenters. The van der Waals surface area contributed by atoms with Gasteiger partial charge >= 0.3 is 0 Å². The van der Waals surface area contributed by atoms with Crippen LogP contribution >= 0.6 is 0 Å². The molecule has 4 aromatic rings. The second-order valence-electron chi connectivity index (χ2n) is 9.61. The zero-order valence-corrected chi connectivity index (χ0v) is 20.9. The van der Waals surface area contributed by atoms with E-state index >= 15 is 0 Å². The van der Waals surface area contributed by atoms with Gasteiger partial charge in [-0.25, -0.2) is 0 Å². The Hall–Kier alpha value is -4.16. The maximum atomic E-state index is 13.0. The summed E-state index contributed by atoms with van der Waals surface area (Å²) in [5.41, 5.74) is 4.32. The predicted octanol–water partition coefficient (Wildman–Crippen LogP) is 4.97. The number of fused-ring (bicyclic) bond motifs is 2. The SMILES string of the molecule is COc1ccccc1N1CCN(Cc2cccc3cccc(CN4C(=O)c5ccccc5C4=O)c23)CC1. The zero-order valence-electron chi connectivity index (χ0n) is 20.9. The summed E-state index contributed by atoms with van der Waals surface area (Å²) in [5, 5.41) is 2.26. The van der Waals surface area contributed by atoms with Gasteiger partial charge in [0.25, 0.3) is 11.8 Å². The minimum absolute atomic E-state index is 0.220. The van der Waals surface area contributed by atoms with Crippen molar-refractivity contribution in [3.8, 4) is 5.75 Å². The average molecular weight is 492 g/mol. The van der Waals surface area contributed by atoms with E-state index in [1.807, 2.05) is 24.3 Å². The van der Waals surface area contributed by atoms with E-state index in [1.54, 1.807) is 31.4 Å². The quantitative estimate of drug-likeness (QED) is 0.357. The number of nitrogens with zero attached hydrogens (tertiary/aromatic N) is 3. The topological polar surface area (TPSA) is 53.1 Å². The number of para-hydroxylation sites is 2. The van der Waals surface area contributed by atoms with Crippen LogP contribution in [0.5, 0.6) is 5.75 Å². The molecule has 6 nitrogen and oxygen atoms in total. The Morgan fingerprint density at radius 2 is 1.27 bits per heavy atom. The molecule has 186 valence electrons. The number of benzene rings is 4. The van der Waals surface area contributed by atoms with Crippen LogP contribution < -0.4 is 9.64 Å². The summed E-state index contributed by atoms with van der Waals surface area (Å²) in [4.78, 5) is 32.3. The van der Waals surface area contributed by atoms with Gasteiger partial charge in [-0.1, -0.05) is 60.7 Å². The van der Waals surface area contributed by atoms with E-state index in [0.29, 0.717) is 11.1 Å². The number of amides is 2. The first-order valence-electron chi connectivity index (χ1n) is 12.7. The molecule has 37 heavy (non-hydrogen) atoms. The molecule has 1 saturated heterocycles. The van der Waals surface area contributed by atoms with Crippen molar-refractivity contribution < 1.29 is 14.3 Å². The highest BCUT2D eigenvalue weighted by molar-refractivity contribution is 6.21. The summed E-state index contributed by atoms with van der Waals surface area (Å²) < 4.78 is 5.57. The fraction of sp³-hybridized carbons (Fsp3) is 0.226. The first-order chi connectivity index (χ1) is 18.1. The third kappa shape index (κ3) is 4.23. The highest BCUT2D eigenvalue weighted by atomic mass is 16.5. The second kappa shape index (κ2) is 9.71. The lowest BCUT2D eigenvalue weighted by molar-refractivity contribution is 0.0643. The summed E-state index contributed by atoms with van der Waals surface area (Å²) in [6.45, 7) is 4.81. The van der Waals surface area contributed by atoms with Gasteiger partial charge in [0.15, 0.2) is 0 Å². The fourth-order valence-corrected chi connectivity index (χ4v) is 5.60. The molecule has 0 atom stereocenters. The van der Waals surface area contributed by atoms with Gasteiger partial charge in [-0.3, -0.25) is 19.4 Å². The molecule has 2 heterocycles. The Morgan fingerprint density at radius 1 is 0.676 bits per heavy atom. The summed E-state index contributed by atoms with van der Waals surface area (Å²) >= 11 is 0. The number of carbonyl (C=O) groups excluding carboxylic acids is 2. The molecule has 0 aromatic heterocycles. The second-order valence-corrected chi connectivity index (χ2v) is 9.61. The third-order valence-electron chi connectivity index (χ3n) is 7.48. The molecule has 1 fully saturated rings. The van der Waals surface area contributed by atoms with Crippen LogP contribution in [-0.4, -0.2) is 54.9 Å². The maximum absolute atomic E-state index is 13.0. The van der Waals surface area contributed by atoms with Crippen LogP contribution in [0.15, 0.2) is 84.9 Å². The molecule has 0 saturated carbocycles. The first-order valence-corrected chi connectivity index (χ1v) is 12.7. The number of rotatable bonds is 6. The molecule has 6 rings (SSSR count). The van der Waals surface area contributed by atoms with Crippen molar-refractivity contribution in [1.82, 2.24) is 9.80 Å². The van der Waals surface area contributed by atoms with E-state index in [2.05, 4.69) is 46.2 Å². The molecule has 2 aliphatic rings. The monoisotopic (exact) mass is 491 g/mol. The van der Waals surface area contributed by atoms with Crippen molar-refractivity contribution in [1.29, 1.82) is 0 Å². The van der Waals surface area contributed by atoms with Crippen LogP contribution in [0, 0.1) is 0 Å². The molecular formula is C31H29N3O3. The number of methoxy groups -OCH3 is 1. The Kier molecular flexibility index (Phi) is 6.10. The molecule has 0 aliphatic carbocycles. The Labute approximate surface area is 216 Å². The minimum atomic E-state index is -0.220. The van der Waals surface area contributed by atoms with Crippen LogP contribution in [0.4, 0.5) is 5.69 Å². The minimum Gasteiger partial charge on any atom is -0.495 e. The summed E-state index contributed by atoms with van der Waals surface area (Å²) in [6.07, 6.45) is 0. The van der Waals surface area contributed by atoms with Gasteiger partial charge in [0.1, 0.15) is 5.75 Å². The van der Waals surface area contributed by atoms with Gasteiger partial charge in [-0.15, -0.1) is 0 Å². The van der Waals surface area contributed by atoms with Crippen LogP contribution in [0.3, 0.4) is 0 Å². The summed E-state index contributed by atoms with van der Waals surface area (Å²) in [6, 6.07) is 27.7. The maximum Gasteiger partial charge on any atom is 0.261 e. The largest absolute Gasteiger partial charge is 0.495 e. The van der Waals surface area contributed by atoms with E-state index in [4.69, 9.17) is 4.74 Å². The lowest BCUT2D eigenvalue weighted by atomic mass is 9.98. The number of imide groups is 1. The van der Waals surface area contributed by atoms with Gasteiger partial charge in [-0.05, 0) is 46.2 Å². The van der Waals surface area contributed by atoms with Crippen LogP contribution in [0.1, 0.15) is 31.8 Å². The van der Waals surface area contributed by atoms with Crippen molar-refractivity contribution in [3.05, 3.63) is 107 Å². The van der Waals surface area contributed by atoms with E-state index in [1.165, 1.54) is 10.5 Å². The lowest BCUT2D eigenvalue weighted by Gasteiger charge is -2.36. The highest BCUT2D eigenvalue weighted by Crippen LogP contribution is 2.31. The number of anilines is 1. The molecule has 0 N–H and O–H groups in total. The fourth-order valence-electron chi connectivity index (χ4n) is 5.60. The Balaban J connectivity index is 1.23. The van der Waals surface area contributed by atoms with Crippen LogP contribution in [0.2, 0.25) is 0 Å². The van der Waals surface area contributed by atoms with Gasteiger partial charge < -0.3 is 9.64 Å². The highest BCUT2D eigenvalue weighted by Gasteiger charge is 2.35. The molecule has 4 aromatic carbocycles. The Morgan fingerprint density at radius 3 is 1.92 bits per heavy atom. The van der Waals surface area contributed by atoms with Crippen molar-refractivity contribution in [3.63, 3.8) is 0 Å². The first kappa shape index (κ1) is 23.3. The number of carbonyl (C=O) groups is 2. The van der Waals surface area contributed by atoms with Crippen LogP contribution in [0.25, 0.3) is 10.8 Å². The van der Waals surface area contributed by atoms with Gasteiger partial charge in [-0.2, -0.15) is 0 Å². The lowest BCUT2D eigenvalue weighted by Crippen LogP contribution is -2.46. The molecule has 2 amide bonds. The molecule has 2 aliphatic heterocycles. The van der Waals surface area contributed by atoms with Crippen molar-refractivity contribution >= 4 is 28.3 Å². The van der Waals surface area contributed by atoms with Crippen molar-refractivity contribution in [2.75, 3.05) is 38.2 Å². The molecule has 0 bridgehead atoms. The summed E-state index contributed by atoms with van der Waals surface area (Å²) in [7, 11) is 1.72. The van der Waals surface area contributed by atoms with E-state index < -0.39 is 0 Å². The normalized spacial score (nSPS) is 15.9. The molecule has 6 heteroatoms. The standard InChI is InChI=1S/C31H29N3O3/c1-37-28-15-5-4-14-27(28)33-18-16-32(17-19-33)20-23-10-6-8-22-9-7-11-24(29(22)23)21-34-30(35)25-12-2-3-13-26(25)31(34)36/h2-15H,16-21H2,1H3. The number of hydrogen-bond donors (Lipinski definition) is 0. The average Bonchev–Trinajstić information content (AvgIpc) is 3.18. The smallest absolute Gasteiger partial charge is 0.261 e. The van der Waals surface area contributed by atoms with E-state index in [-0.39, 0.29) is 18.4 Å². The Bertz CT molecular complexity index is 1450. The van der Waals surface area contributed by atoms with E-state index in [0.717, 1.165) is 60.5 Å². The van der Waals surface area contributed by atoms with Gasteiger partial charge in [0.05, 0.1) is 30.5 Å². The number of ether oxygens (including phenoxy) is 1. The molecule has 0 spiro atoms. The zero-order chi connectivity index (χ0) is 25.4. The van der Waals surface area contributed by atoms with Crippen LogP contribution in [-0.2, 0) is 13.1 Å². The third-order valence-corrected chi connectivity index (χ3v) is 7.48. The van der Waals surface area contributed by atoms with Gasteiger partial charge in [0.2, 0.25) is 0 Å². The van der Waals surface area contributed by atoms with Crippen molar-refractivity contribution in [2.24, 2.45) is 0 Å². The number of hydrogen-bond acceptors (Lipinski definition) is 5. The summed E-state index contributed by atoms with van der Waals surface area (Å²) in [5.74, 6) is 0.466. The van der Waals surface area contributed by atoms with Crippen molar-refractivity contribution in [2.45, 2.75) is 13.1 Å². The molecular weight excluding hydrogens is 462 g/mol. The van der Waals surface area contributed by atoms with Gasteiger partial charge in [0, 0.05) is 32.7 Å². The molecule has 0 radical (unpaired) electrons.